The van der Waals surface area contributed by atoms with Crippen LogP contribution < -0.4 is 4.74 Å². The van der Waals surface area contributed by atoms with Crippen molar-refractivity contribution >= 4 is 34.5 Å². The summed E-state index contributed by atoms with van der Waals surface area (Å²) < 4.78 is 24.5. The SMILES string of the molecule is COc1ccc2c(/C=C(\F)c3ccccc3)noc2c1Cl. The van der Waals surface area contributed by atoms with Crippen LogP contribution in [0.2, 0.25) is 5.02 Å². The Morgan fingerprint density at radius 2 is 2.00 bits per heavy atom. The molecule has 0 spiro atoms. The number of halogens is 2. The molecule has 3 rings (SSSR count). The second kappa shape index (κ2) is 5.58. The first-order valence-corrected chi connectivity index (χ1v) is 6.63. The van der Waals surface area contributed by atoms with Crippen LogP contribution in [0.1, 0.15) is 11.3 Å². The topological polar surface area (TPSA) is 35.3 Å². The first-order chi connectivity index (χ1) is 10.2. The summed E-state index contributed by atoms with van der Waals surface area (Å²) in [5.41, 5.74) is 1.24. The van der Waals surface area contributed by atoms with Crippen LogP contribution >= 0.6 is 11.6 Å². The third-order valence-electron chi connectivity index (χ3n) is 3.11. The van der Waals surface area contributed by atoms with Gasteiger partial charge in [-0.1, -0.05) is 47.1 Å². The number of benzene rings is 2. The van der Waals surface area contributed by atoms with Crippen LogP contribution in [-0.2, 0) is 0 Å². The Labute approximate surface area is 125 Å². The van der Waals surface area contributed by atoms with Crippen LogP contribution in [0.4, 0.5) is 4.39 Å². The van der Waals surface area contributed by atoms with Crippen molar-refractivity contribution in [1.29, 1.82) is 0 Å². The van der Waals surface area contributed by atoms with Crippen molar-refractivity contribution < 1.29 is 13.7 Å². The smallest absolute Gasteiger partial charge is 0.189 e. The third-order valence-corrected chi connectivity index (χ3v) is 3.46. The lowest BCUT2D eigenvalue weighted by Gasteiger charge is -2.01. The number of ether oxygens (including phenoxy) is 1. The number of nitrogens with zero attached hydrogens (tertiary/aromatic N) is 1. The van der Waals surface area contributed by atoms with Gasteiger partial charge in [0.2, 0.25) is 0 Å². The zero-order chi connectivity index (χ0) is 14.8. The predicted octanol–water partition coefficient (Wildman–Crippen LogP) is 4.96. The molecule has 1 heterocycles. The second-order valence-electron chi connectivity index (χ2n) is 4.38. The minimum atomic E-state index is -0.391. The zero-order valence-electron chi connectivity index (χ0n) is 11.1. The second-order valence-corrected chi connectivity index (χ2v) is 4.76. The van der Waals surface area contributed by atoms with E-state index in [2.05, 4.69) is 5.16 Å². The minimum absolute atomic E-state index is 0.322. The Morgan fingerprint density at radius 3 is 2.71 bits per heavy atom. The van der Waals surface area contributed by atoms with Crippen molar-refractivity contribution in [2.75, 3.05) is 7.11 Å². The summed E-state index contributed by atoms with van der Waals surface area (Å²) in [5.74, 6) is 0.0946. The average molecular weight is 304 g/mol. The minimum Gasteiger partial charge on any atom is -0.495 e. The highest BCUT2D eigenvalue weighted by Crippen LogP contribution is 2.35. The quantitative estimate of drug-likeness (QED) is 0.686. The number of aromatic nitrogens is 1. The largest absolute Gasteiger partial charge is 0.495 e. The maximum atomic E-state index is 14.2. The van der Waals surface area contributed by atoms with Crippen LogP contribution in [0.5, 0.6) is 5.75 Å². The molecule has 21 heavy (non-hydrogen) atoms. The molecule has 0 bridgehead atoms. The first kappa shape index (κ1) is 13.6. The van der Waals surface area contributed by atoms with Crippen molar-refractivity contribution in [3.05, 3.63) is 58.7 Å². The van der Waals surface area contributed by atoms with Gasteiger partial charge in [0.25, 0.3) is 0 Å². The molecule has 3 nitrogen and oxygen atoms in total. The van der Waals surface area contributed by atoms with E-state index in [9.17, 15) is 4.39 Å². The molecular formula is C16H11ClFNO2. The average Bonchev–Trinajstić information content (AvgIpc) is 2.92. The van der Waals surface area contributed by atoms with E-state index in [0.29, 0.717) is 33.0 Å². The van der Waals surface area contributed by atoms with E-state index < -0.39 is 5.83 Å². The molecule has 0 aliphatic carbocycles. The Morgan fingerprint density at radius 1 is 1.24 bits per heavy atom. The number of fused-ring (bicyclic) bond motifs is 1. The summed E-state index contributed by atoms with van der Waals surface area (Å²) in [6, 6.07) is 12.2. The maximum absolute atomic E-state index is 14.2. The number of hydrogen-bond acceptors (Lipinski definition) is 3. The molecule has 2 aromatic carbocycles. The predicted molar refractivity (Wildman–Crippen MR) is 81.0 cm³/mol. The molecule has 0 saturated carbocycles. The van der Waals surface area contributed by atoms with Gasteiger partial charge in [0, 0.05) is 11.6 Å². The van der Waals surface area contributed by atoms with Gasteiger partial charge in [0.15, 0.2) is 5.58 Å². The lowest BCUT2D eigenvalue weighted by Crippen LogP contribution is -1.84. The van der Waals surface area contributed by atoms with Gasteiger partial charge in [-0.15, -0.1) is 0 Å². The molecule has 5 heteroatoms. The molecule has 0 aliphatic heterocycles. The number of methoxy groups -OCH3 is 1. The maximum Gasteiger partial charge on any atom is 0.189 e. The molecule has 0 radical (unpaired) electrons. The molecule has 3 aromatic rings. The van der Waals surface area contributed by atoms with Crippen molar-refractivity contribution in [1.82, 2.24) is 5.16 Å². The van der Waals surface area contributed by atoms with Crippen molar-refractivity contribution in [3.8, 4) is 5.75 Å². The standard InChI is InChI=1S/C16H11ClFNO2/c1-20-14-8-7-11-13(19-21-16(11)15(14)17)9-12(18)10-5-3-2-4-6-10/h2-9H,1H3/b12-9-. The van der Waals surface area contributed by atoms with Gasteiger partial charge in [-0.2, -0.15) is 0 Å². The highest BCUT2D eigenvalue weighted by Gasteiger charge is 2.14. The van der Waals surface area contributed by atoms with Gasteiger partial charge in [-0.25, -0.2) is 4.39 Å². The van der Waals surface area contributed by atoms with Gasteiger partial charge < -0.3 is 9.26 Å². The summed E-state index contributed by atoms with van der Waals surface area (Å²) in [4.78, 5) is 0. The summed E-state index contributed by atoms with van der Waals surface area (Å²) in [7, 11) is 1.51. The fraction of sp³-hybridized carbons (Fsp3) is 0.0625. The molecule has 0 atom stereocenters. The van der Waals surface area contributed by atoms with Crippen LogP contribution in [-0.4, -0.2) is 12.3 Å². The summed E-state index contributed by atoms with van der Waals surface area (Å²) in [5, 5.41) is 4.82. The molecule has 0 amide bonds. The molecular weight excluding hydrogens is 293 g/mol. The Bertz CT molecular complexity index is 812. The summed E-state index contributed by atoms with van der Waals surface area (Å²) in [6.07, 6.45) is 1.32. The lowest BCUT2D eigenvalue weighted by molar-refractivity contribution is 0.412. The van der Waals surface area contributed by atoms with Crippen molar-refractivity contribution in [2.24, 2.45) is 0 Å². The highest BCUT2D eigenvalue weighted by molar-refractivity contribution is 6.36. The van der Waals surface area contributed by atoms with Crippen LogP contribution in [0.25, 0.3) is 22.9 Å². The highest BCUT2D eigenvalue weighted by atomic mass is 35.5. The summed E-state index contributed by atoms with van der Waals surface area (Å²) >= 11 is 6.14. The first-order valence-electron chi connectivity index (χ1n) is 6.25. The van der Waals surface area contributed by atoms with Gasteiger partial charge >= 0.3 is 0 Å². The Hall–Kier alpha value is -2.33. The van der Waals surface area contributed by atoms with E-state index in [1.165, 1.54) is 13.2 Å². The Kier molecular flexibility index (Phi) is 3.62. The zero-order valence-corrected chi connectivity index (χ0v) is 11.9. The van der Waals surface area contributed by atoms with E-state index >= 15 is 0 Å². The monoisotopic (exact) mass is 303 g/mol. The van der Waals surface area contributed by atoms with Crippen LogP contribution in [0, 0.1) is 0 Å². The van der Waals surface area contributed by atoms with Crippen LogP contribution in [0.15, 0.2) is 47.0 Å². The molecule has 0 aliphatic rings. The van der Waals surface area contributed by atoms with Gasteiger partial charge in [0.1, 0.15) is 22.3 Å². The van der Waals surface area contributed by atoms with Crippen molar-refractivity contribution in [2.45, 2.75) is 0 Å². The van der Waals surface area contributed by atoms with Crippen molar-refractivity contribution in [3.63, 3.8) is 0 Å². The van der Waals surface area contributed by atoms with Gasteiger partial charge in [0.05, 0.1) is 12.5 Å². The van der Waals surface area contributed by atoms with E-state index in [0.717, 1.165) is 0 Å². The Balaban J connectivity index is 2.08. The van der Waals surface area contributed by atoms with E-state index in [4.69, 9.17) is 20.9 Å². The molecule has 0 unspecified atom stereocenters. The lowest BCUT2D eigenvalue weighted by atomic mass is 10.1. The summed E-state index contributed by atoms with van der Waals surface area (Å²) in [6.45, 7) is 0. The molecule has 0 fully saturated rings. The van der Waals surface area contributed by atoms with Gasteiger partial charge in [-0.05, 0) is 12.1 Å². The normalized spacial score (nSPS) is 11.9. The fourth-order valence-corrected chi connectivity index (χ4v) is 2.31. The molecule has 106 valence electrons. The molecule has 0 N–H and O–H groups in total. The molecule has 0 saturated heterocycles. The molecule has 1 aromatic heterocycles. The van der Waals surface area contributed by atoms with E-state index in [1.54, 1.807) is 36.4 Å². The number of hydrogen-bond donors (Lipinski definition) is 0. The third kappa shape index (κ3) is 2.50. The van der Waals surface area contributed by atoms with E-state index in [1.807, 2.05) is 6.07 Å². The van der Waals surface area contributed by atoms with E-state index in [-0.39, 0.29) is 0 Å². The van der Waals surface area contributed by atoms with Crippen LogP contribution in [0.3, 0.4) is 0 Å². The number of rotatable bonds is 3. The fourth-order valence-electron chi connectivity index (χ4n) is 2.04. The van der Waals surface area contributed by atoms with Gasteiger partial charge in [-0.3, -0.25) is 0 Å².